The van der Waals surface area contributed by atoms with Crippen LogP contribution < -0.4 is 5.73 Å². The summed E-state index contributed by atoms with van der Waals surface area (Å²) in [4.78, 5) is 0. The third kappa shape index (κ3) is 2.16. The van der Waals surface area contributed by atoms with Gasteiger partial charge >= 0.3 is 0 Å². The Hall–Kier alpha value is -0.820. The van der Waals surface area contributed by atoms with Gasteiger partial charge in [-0.3, -0.25) is 0 Å². The monoisotopic (exact) mass is 191 g/mol. The van der Waals surface area contributed by atoms with Crippen molar-refractivity contribution in [1.29, 1.82) is 0 Å². The molecule has 14 heavy (non-hydrogen) atoms. The smallest absolute Gasteiger partial charge is 0.0406 e. The Kier molecular flexibility index (Phi) is 3.33. The molecule has 0 bridgehead atoms. The molecule has 0 radical (unpaired) electrons. The predicted molar refractivity (Wildman–Crippen MR) is 62.2 cm³/mol. The van der Waals surface area contributed by atoms with Gasteiger partial charge in [-0.2, -0.15) is 0 Å². The van der Waals surface area contributed by atoms with Gasteiger partial charge in [0.25, 0.3) is 0 Å². The van der Waals surface area contributed by atoms with E-state index in [9.17, 15) is 0 Å². The fourth-order valence-electron chi connectivity index (χ4n) is 1.62. The van der Waals surface area contributed by atoms with Crippen molar-refractivity contribution >= 4 is 0 Å². The Bertz CT molecular complexity index is 285. The van der Waals surface area contributed by atoms with Crippen molar-refractivity contribution in [2.24, 2.45) is 11.7 Å². The highest BCUT2D eigenvalue weighted by molar-refractivity contribution is 5.27. The van der Waals surface area contributed by atoms with Gasteiger partial charge in [0.1, 0.15) is 0 Å². The van der Waals surface area contributed by atoms with E-state index in [1.807, 2.05) is 0 Å². The maximum absolute atomic E-state index is 6.34. The summed E-state index contributed by atoms with van der Waals surface area (Å²) < 4.78 is 0. The van der Waals surface area contributed by atoms with Crippen LogP contribution >= 0.6 is 0 Å². The molecule has 0 amide bonds. The van der Waals surface area contributed by atoms with Crippen molar-refractivity contribution in [3.05, 3.63) is 35.4 Å². The van der Waals surface area contributed by atoms with E-state index in [2.05, 4.69) is 52.0 Å². The molecule has 2 atom stereocenters. The maximum atomic E-state index is 6.34. The summed E-state index contributed by atoms with van der Waals surface area (Å²) in [5, 5.41) is 0. The van der Waals surface area contributed by atoms with Crippen LogP contribution in [0.15, 0.2) is 24.3 Å². The molecular formula is C13H21N. The zero-order valence-electron chi connectivity index (χ0n) is 9.67. The lowest BCUT2D eigenvalue weighted by Gasteiger charge is -2.31. The molecule has 1 heteroatoms. The van der Waals surface area contributed by atoms with E-state index < -0.39 is 0 Å². The predicted octanol–water partition coefficient (Wildman–Crippen LogP) is 3.22. The number of nitrogens with two attached hydrogens (primary N) is 1. The number of hydrogen-bond donors (Lipinski definition) is 1. The summed E-state index contributed by atoms with van der Waals surface area (Å²) in [6, 6.07) is 8.54. The number of hydrogen-bond acceptors (Lipinski definition) is 1. The highest BCUT2D eigenvalue weighted by Gasteiger charge is 2.26. The molecule has 0 aliphatic rings. The zero-order chi connectivity index (χ0) is 10.8. The molecule has 1 aromatic carbocycles. The van der Waals surface area contributed by atoms with Crippen LogP contribution in [0, 0.1) is 12.8 Å². The van der Waals surface area contributed by atoms with E-state index in [0.717, 1.165) is 6.42 Å². The molecule has 1 aromatic rings. The molecule has 2 N–H and O–H groups in total. The summed E-state index contributed by atoms with van der Waals surface area (Å²) in [6.45, 7) is 8.61. The lowest BCUT2D eigenvalue weighted by atomic mass is 9.80. The Labute approximate surface area is 87.3 Å². The van der Waals surface area contributed by atoms with Crippen molar-refractivity contribution in [1.82, 2.24) is 0 Å². The first kappa shape index (κ1) is 11.3. The van der Waals surface area contributed by atoms with E-state index in [1.165, 1.54) is 11.1 Å². The van der Waals surface area contributed by atoms with E-state index in [4.69, 9.17) is 5.73 Å². The van der Waals surface area contributed by atoms with E-state index in [0.29, 0.717) is 5.92 Å². The minimum absolute atomic E-state index is 0.206. The van der Waals surface area contributed by atoms with Crippen molar-refractivity contribution in [2.75, 3.05) is 0 Å². The second kappa shape index (κ2) is 4.14. The average Bonchev–Trinajstić information content (AvgIpc) is 2.17. The fraction of sp³-hybridized carbons (Fsp3) is 0.538. The van der Waals surface area contributed by atoms with Crippen LogP contribution in [0.3, 0.4) is 0 Å². The summed E-state index contributed by atoms with van der Waals surface area (Å²) in [5.41, 5.74) is 8.66. The van der Waals surface area contributed by atoms with Crippen LogP contribution in [0.2, 0.25) is 0 Å². The van der Waals surface area contributed by atoms with E-state index >= 15 is 0 Å². The molecule has 0 aliphatic heterocycles. The van der Waals surface area contributed by atoms with Crippen LogP contribution in [0.4, 0.5) is 0 Å². The SMILES string of the molecule is CCC(C)C(C)(N)c1ccc(C)cc1. The highest BCUT2D eigenvalue weighted by atomic mass is 14.7. The minimum Gasteiger partial charge on any atom is -0.321 e. The largest absolute Gasteiger partial charge is 0.321 e. The molecule has 1 rings (SSSR count). The molecule has 0 saturated heterocycles. The topological polar surface area (TPSA) is 26.0 Å². The van der Waals surface area contributed by atoms with Crippen LogP contribution in [0.1, 0.15) is 38.3 Å². The van der Waals surface area contributed by atoms with Gasteiger partial charge in [0.2, 0.25) is 0 Å². The second-order valence-corrected chi connectivity index (χ2v) is 4.46. The van der Waals surface area contributed by atoms with Crippen LogP contribution in [-0.4, -0.2) is 0 Å². The Balaban J connectivity index is 2.97. The van der Waals surface area contributed by atoms with Crippen molar-refractivity contribution in [3.8, 4) is 0 Å². The van der Waals surface area contributed by atoms with E-state index in [-0.39, 0.29) is 5.54 Å². The molecular weight excluding hydrogens is 170 g/mol. The fourth-order valence-corrected chi connectivity index (χ4v) is 1.62. The third-order valence-corrected chi connectivity index (χ3v) is 3.31. The molecule has 0 saturated carbocycles. The van der Waals surface area contributed by atoms with Crippen molar-refractivity contribution in [2.45, 2.75) is 39.7 Å². The number of benzene rings is 1. The molecule has 2 unspecified atom stereocenters. The highest BCUT2D eigenvalue weighted by Crippen LogP contribution is 2.28. The molecule has 0 spiro atoms. The van der Waals surface area contributed by atoms with Gasteiger partial charge in [-0.1, -0.05) is 50.1 Å². The van der Waals surface area contributed by atoms with Gasteiger partial charge in [0.05, 0.1) is 0 Å². The van der Waals surface area contributed by atoms with Crippen LogP contribution in [0.5, 0.6) is 0 Å². The molecule has 78 valence electrons. The Morgan fingerprint density at radius 1 is 1.29 bits per heavy atom. The summed E-state index contributed by atoms with van der Waals surface area (Å²) >= 11 is 0. The zero-order valence-corrected chi connectivity index (χ0v) is 9.67. The summed E-state index contributed by atoms with van der Waals surface area (Å²) in [7, 11) is 0. The van der Waals surface area contributed by atoms with Crippen molar-refractivity contribution < 1.29 is 0 Å². The Morgan fingerprint density at radius 2 is 1.79 bits per heavy atom. The van der Waals surface area contributed by atoms with Gasteiger partial charge in [0, 0.05) is 5.54 Å². The normalized spacial score (nSPS) is 17.5. The lowest BCUT2D eigenvalue weighted by Crippen LogP contribution is -2.39. The minimum atomic E-state index is -0.206. The van der Waals surface area contributed by atoms with E-state index in [1.54, 1.807) is 0 Å². The Morgan fingerprint density at radius 3 is 2.21 bits per heavy atom. The van der Waals surface area contributed by atoms with Crippen LogP contribution in [-0.2, 0) is 5.54 Å². The second-order valence-electron chi connectivity index (χ2n) is 4.46. The number of aryl methyl sites for hydroxylation is 1. The van der Waals surface area contributed by atoms with Gasteiger partial charge in [-0.05, 0) is 25.3 Å². The van der Waals surface area contributed by atoms with Gasteiger partial charge in [0.15, 0.2) is 0 Å². The molecule has 0 fully saturated rings. The lowest BCUT2D eigenvalue weighted by molar-refractivity contribution is 0.316. The molecule has 0 aromatic heterocycles. The van der Waals surface area contributed by atoms with Gasteiger partial charge in [-0.15, -0.1) is 0 Å². The first-order valence-corrected chi connectivity index (χ1v) is 5.34. The number of rotatable bonds is 3. The first-order chi connectivity index (χ1) is 6.48. The molecule has 1 nitrogen and oxygen atoms in total. The third-order valence-electron chi connectivity index (χ3n) is 3.31. The standard InChI is InChI=1S/C13H21N/c1-5-11(3)13(4,14)12-8-6-10(2)7-9-12/h6-9,11H,5,14H2,1-4H3. The van der Waals surface area contributed by atoms with Gasteiger partial charge < -0.3 is 5.73 Å². The quantitative estimate of drug-likeness (QED) is 0.780. The van der Waals surface area contributed by atoms with Crippen LogP contribution in [0.25, 0.3) is 0 Å². The summed E-state index contributed by atoms with van der Waals surface area (Å²) in [6.07, 6.45) is 1.11. The first-order valence-electron chi connectivity index (χ1n) is 5.34. The van der Waals surface area contributed by atoms with Crippen molar-refractivity contribution in [3.63, 3.8) is 0 Å². The maximum Gasteiger partial charge on any atom is 0.0406 e. The summed E-state index contributed by atoms with van der Waals surface area (Å²) in [5.74, 6) is 0.505. The van der Waals surface area contributed by atoms with Gasteiger partial charge in [-0.25, -0.2) is 0 Å². The molecule has 0 heterocycles. The molecule has 0 aliphatic carbocycles. The average molecular weight is 191 g/mol.